The van der Waals surface area contributed by atoms with Crippen LogP contribution in [0.3, 0.4) is 0 Å². The van der Waals surface area contributed by atoms with Crippen molar-refractivity contribution in [2.45, 2.75) is 32.4 Å². The molecule has 2 heterocycles. The lowest BCUT2D eigenvalue weighted by Gasteiger charge is -2.36. The summed E-state index contributed by atoms with van der Waals surface area (Å²) in [6.07, 6.45) is 4.25. The van der Waals surface area contributed by atoms with Gasteiger partial charge in [0.25, 0.3) is 0 Å². The maximum Gasteiger partial charge on any atom is 0.245 e. The molecule has 1 fully saturated rings. The predicted octanol–water partition coefficient (Wildman–Crippen LogP) is -0.302. The normalized spacial score (nSPS) is 24.3. The summed E-state index contributed by atoms with van der Waals surface area (Å²) in [6.45, 7) is 3.97. The van der Waals surface area contributed by atoms with Gasteiger partial charge in [0.15, 0.2) is 0 Å². The molecule has 2 amide bonds. The first-order valence-electron chi connectivity index (χ1n) is 6.07. The zero-order valence-electron chi connectivity index (χ0n) is 10.9. The molecule has 2 atom stereocenters. The van der Waals surface area contributed by atoms with Crippen LogP contribution in [-0.2, 0) is 23.1 Å². The first kappa shape index (κ1) is 12.6. The number of carbonyl (C=O) groups excluding carboxylic acids is 2. The maximum absolute atomic E-state index is 12.0. The minimum absolute atomic E-state index is 0.0312. The number of aryl methyl sites for hydroxylation is 1. The Labute approximate surface area is 106 Å². The summed E-state index contributed by atoms with van der Waals surface area (Å²) in [7, 11) is 1.92. The summed E-state index contributed by atoms with van der Waals surface area (Å²) in [5, 5.41) is 2.66. The molecule has 1 aromatic rings. The second-order valence-corrected chi connectivity index (χ2v) is 4.64. The van der Waals surface area contributed by atoms with E-state index >= 15 is 0 Å². The van der Waals surface area contributed by atoms with Crippen LogP contribution in [0.2, 0.25) is 0 Å². The number of piperazine rings is 1. The molecule has 6 nitrogen and oxygen atoms in total. The molecule has 98 valence electrons. The Balaban J connectivity index is 2.05. The zero-order chi connectivity index (χ0) is 13.3. The first-order chi connectivity index (χ1) is 8.50. The van der Waals surface area contributed by atoms with Gasteiger partial charge >= 0.3 is 0 Å². The van der Waals surface area contributed by atoms with E-state index in [0.29, 0.717) is 13.0 Å². The highest BCUT2D eigenvalue weighted by molar-refractivity contribution is 5.96. The van der Waals surface area contributed by atoms with Gasteiger partial charge in [-0.25, -0.2) is 4.98 Å². The van der Waals surface area contributed by atoms with Crippen LogP contribution in [-0.4, -0.2) is 44.9 Å². The molecule has 1 saturated heterocycles. The van der Waals surface area contributed by atoms with Crippen molar-refractivity contribution in [3.8, 4) is 0 Å². The molecule has 0 aromatic carbocycles. The monoisotopic (exact) mass is 250 g/mol. The van der Waals surface area contributed by atoms with E-state index in [1.165, 1.54) is 0 Å². The molecule has 2 unspecified atom stereocenters. The van der Waals surface area contributed by atoms with Crippen LogP contribution in [0.25, 0.3) is 0 Å². The Morgan fingerprint density at radius 3 is 2.72 bits per heavy atom. The molecular formula is C12H18N4O2. The molecule has 6 heteroatoms. The second kappa shape index (κ2) is 4.80. The lowest BCUT2D eigenvalue weighted by molar-refractivity contribution is -0.148. The number of aromatic nitrogens is 2. The molecule has 1 aromatic heterocycles. The third-order valence-electron chi connectivity index (χ3n) is 3.36. The molecule has 2 rings (SSSR count). The maximum atomic E-state index is 12.0. The van der Waals surface area contributed by atoms with Crippen LogP contribution in [0.5, 0.6) is 0 Å². The molecule has 1 aliphatic heterocycles. The zero-order valence-corrected chi connectivity index (χ0v) is 10.9. The number of hydrogen-bond acceptors (Lipinski definition) is 3. The quantitative estimate of drug-likeness (QED) is 0.800. The van der Waals surface area contributed by atoms with Crippen LogP contribution in [0, 0.1) is 0 Å². The van der Waals surface area contributed by atoms with Gasteiger partial charge in [0, 0.05) is 32.4 Å². The molecule has 0 aliphatic carbocycles. The summed E-state index contributed by atoms with van der Waals surface area (Å²) < 4.78 is 1.92. The average molecular weight is 250 g/mol. The van der Waals surface area contributed by atoms with E-state index in [2.05, 4.69) is 10.3 Å². The average Bonchev–Trinajstić information content (AvgIpc) is 2.73. The van der Waals surface area contributed by atoms with E-state index in [1.54, 1.807) is 24.9 Å². The Hall–Kier alpha value is -1.85. The van der Waals surface area contributed by atoms with Gasteiger partial charge in [-0.2, -0.15) is 0 Å². The van der Waals surface area contributed by atoms with Gasteiger partial charge in [-0.3, -0.25) is 9.59 Å². The number of imidazole rings is 1. The molecule has 1 N–H and O–H groups in total. The topological polar surface area (TPSA) is 67.2 Å². The number of nitrogens with one attached hydrogen (secondary N) is 1. The SMILES string of the molecule is CC1NC(=O)C(C)N(CCc2nccn2C)C1=O. The summed E-state index contributed by atoms with van der Waals surface area (Å²) in [6, 6.07) is -0.843. The van der Waals surface area contributed by atoms with E-state index in [9.17, 15) is 9.59 Å². The van der Waals surface area contributed by atoms with Crippen LogP contribution in [0.15, 0.2) is 12.4 Å². The van der Waals surface area contributed by atoms with Crippen LogP contribution in [0.4, 0.5) is 0 Å². The van der Waals surface area contributed by atoms with Gasteiger partial charge in [0.05, 0.1) is 0 Å². The van der Waals surface area contributed by atoms with Crippen molar-refractivity contribution in [1.82, 2.24) is 19.8 Å². The number of nitrogens with zero attached hydrogens (tertiary/aromatic N) is 3. The second-order valence-electron chi connectivity index (χ2n) is 4.64. The molecule has 18 heavy (non-hydrogen) atoms. The van der Waals surface area contributed by atoms with E-state index in [-0.39, 0.29) is 11.8 Å². The summed E-state index contributed by atoms with van der Waals surface area (Å²) >= 11 is 0. The Kier molecular flexibility index (Phi) is 3.36. The summed E-state index contributed by atoms with van der Waals surface area (Å²) in [5.74, 6) is 0.784. The highest BCUT2D eigenvalue weighted by Gasteiger charge is 2.35. The van der Waals surface area contributed by atoms with Crippen molar-refractivity contribution in [3.63, 3.8) is 0 Å². The number of hydrogen-bond donors (Lipinski definition) is 1. The van der Waals surface area contributed by atoms with E-state index in [4.69, 9.17) is 0 Å². The first-order valence-corrected chi connectivity index (χ1v) is 6.07. The Morgan fingerprint density at radius 1 is 1.39 bits per heavy atom. The molecule has 0 saturated carbocycles. The summed E-state index contributed by atoms with van der Waals surface area (Å²) in [4.78, 5) is 29.5. The van der Waals surface area contributed by atoms with Crippen molar-refractivity contribution in [2.75, 3.05) is 6.54 Å². The third kappa shape index (κ3) is 2.23. The number of amides is 2. The van der Waals surface area contributed by atoms with Crippen molar-refractivity contribution < 1.29 is 9.59 Å². The fraction of sp³-hybridized carbons (Fsp3) is 0.583. The molecule has 1 aliphatic rings. The Bertz CT molecular complexity index is 468. The molecule has 0 radical (unpaired) electrons. The largest absolute Gasteiger partial charge is 0.343 e. The lowest BCUT2D eigenvalue weighted by Crippen LogP contribution is -2.61. The molecule has 0 bridgehead atoms. The van der Waals surface area contributed by atoms with Crippen LogP contribution in [0.1, 0.15) is 19.7 Å². The molecule has 0 spiro atoms. The minimum atomic E-state index is -0.435. The van der Waals surface area contributed by atoms with Gasteiger partial charge in [-0.15, -0.1) is 0 Å². The predicted molar refractivity (Wildman–Crippen MR) is 65.7 cm³/mol. The van der Waals surface area contributed by atoms with Gasteiger partial charge in [-0.1, -0.05) is 0 Å². The van der Waals surface area contributed by atoms with Crippen molar-refractivity contribution in [1.29, 1.82) is 0 Å². The van der Waals surface area contributed by atoms with E-state index in [0.717, 1.165) is 5.82 Å². The van der Waals surface area contributed by atoms with E-state index in [1.807, 2.05) is 17.8 Å². The fourth-order valence-electron chi connectivity index (χ4n) is 2.14. The third-order valence-corrected chi connectivity index (χ3v) is 3.36. The van der Waals surface area contributed by atoms with Crippen molar-refractivity contribution >= 4 is 11.8 Å². The number of carbonyl (C=O) groups is 2. The van der Waals surface area contributed by atoms with Gasteiger partial charge in [0.1, 0.15) is 17.9 Å². The Morgan fingerprint density at radius 2 is 2.11 bits per heavy atom. The van der Waals surface area contributed by atoms with Gasteiger partial charge in [-0.05, 0) is 13.8 Å². The van der Waals surface area contributed by atoms with Crippen LogP contribution < -0.4 is 5.32 Å². The number of rotatable bonds is 3. The smallest absolute Gasteiger partial charge is 0.245 e. The van der Waals surface area contributed by atoms with Crippen molar-refractivity contribution in [3.05, 3.63) is 18.2 Å². The van der Waals surface area contributed by atoms with Crippen molar-refractivity contribution in [2.24, 2.45) is 7.05 Å². The van der Waals surface area contributed by atoms with Gasteiger partial charge in [0.2, 0.25) is 11.8 Å². The van der Waals surface area contributed by atoms with Gasteiger partial charge < -0.3 is 14.8 Å². The fourth-order valence-corrected chi connectivity index (χ4v) is 2.14. The highest BCUT2D eigenvalue weighted by atomic mass is 16.2. The lowest BCUT2D eigenvalue weighted by atomic mass is 10.1. The highest BCUT2D eigenvalue weighted by Crippen LogP contribution is 2.10. The van der Waals surface area contributed by atoms with E-state index < -0.39 is 12.1 Å². The standard InChI is InChI=1S/C12H18N4O2/c1-8-12(18)16(9(2)11(17)14-8)6-4-10-13-5-7-15(10)3/h5,7-9H,4,6H2,1-3H3,(H,14,17). The summed E-state index contributed by atoms with van der Waals surface area (Å²) in [5.41, 5.74) is 0. The molecular weight excluding hydrogens is 232 g/mol. The van der Waals surface area contributed by atoms with Crippen LogP contribution >= 0.6 is 0 Å². The minimum Gasteiger partial charge on any atom is -0.343 e.